The molecule has 1 heterocycles. The lowest BCUT2D eigenvalue weighted by Crippen LogP contribution is -2.26. The molecule has 0 unspecified atom stereocenters. The lowest BCUT2D eigenvalue weighted by molar-refractivity contribution is 0.615. The Labute approximate surface area is 133 Å². The number of aliphatic imine (C=N–C) groups is 1. The molecule has 1 aromatic heterocycles. The third-order valence-electron chi connectivity index (χ3n) is 3.21. The van der Waals surface area contributed by atoms with Gasteiger partial charge < -0.3 is 11.5 Å². The van der Waals surface area contributed by atoms with Crippen LogP contribution in [0.3, 0.4) is 0 Å². The number of alkyl halides is 1. The molecule has 7 heteroatoms. The summed E-state index contributed by atoms with van der Waals surface area (Å²) in [5.74, 6) is 0.460. The predicted molar refractivity (Wildman–Crippen MR) is 87.8 cm³/mol. The van der Waals surface area contributed by atoms with E-state index in [9.17, 15) is 4.79 Å². The van der Waals surface area contributed by atoms with Crippen molar-refractivity contribution in [1.82, 2.24) is 9.78 Å². The number of nitrogens with zero attached hydrogens (tertiary/aromatic N) is 3. The summed E-state index contributed by atoms with van der Waals surface area (Å²) in [5, 5.41) is 4.34. The van der Waals surface area contributed by atoms with Crippen molar-refractivity contribution >= 4 is 17.6 Å². The fourth-order valence-corrected chi connectivity index (χ4v) is 2.14. The van der Waals surface area contributed by atoms with E-state index in [0.717, 1.165) is 16.7 Å². The molecule has 2 aromatic rings. The van der Waals surface area contributed by atoms with Gasteiger partial charge in [-0.15, -0.1) is 11.6 Å². The van der Waals surface area contributed by atoms with E-state index in [1.165, 1.54) is 10.7 Å². The Kier molecular flexibility index (Phi) is 5.16. The summed E-state index contributed by atoms with van der Waals surface area (Å²) in [5.41, 5.74) is 13.9. The average Bonchev–Trinajstić information content (AvgIpc) is 2.49. The molecule has 0 bridgehead atoms. The zero-order chi connectivity index (χ0) is 16.1. The van der Waals surface area contributed by atoms with E-state index in [2.05, 4.69) is 10.1 Å². The lowest BCUT2D eigenvalue weighted by Gasteiger charge is -2.09. The quantitative estimate of drug-likeness (QED) is 0.490. The van der Waals surface area contributed by atoms with Crippen LogP contribution in [0.4, 0.5) is 0 Å². The van der Waals surface area contributed by atoms with Crippen LogP contribution in [0.15, 0.2) is 40.1 Å². The maximum atomic E-state index is 12.1. The molecule has 0 saturated heterocycles. The van der Waals surface area contributed by atoms with Crippen LogP contribution in [-0.2, 0) is 19.0 Å². The standard InChI is InChI=1S/C15H18ClN5O/c1-10-6-14(22)21(20-13(10)8-19-15(17)18)9-12-4-2-11(7-16)3-5-12/h2-6H,7-9H2,1H3,(H4,17,18,19). The Hall–Kier alpha value is -2.34. The Balaban J connectivity index is 2.27. The Bertz CT molecular complexity index is 733. The Morgan fingerprint density at radius 2 is 1.91 bits per heavy atom. The van der Waals surface area contributed by atoms with Crippen molar-refractivity contribution < 1.29 is 0 Å². The van der Waals surface area contributed by atoms with E-state index < -0.39 is 0 Å². The number of benzene rings is 1. The average molecular weight is 320 g/mol. The molecule has 0 aliphatic carbocycles. The summed E-state index contributed by atoms with van der Waals surface area (Å²) >= 11 is 5.76. The SMILES string of the molecule is Cc1cc(=O)n(Cc2ccc(CCl)cc2)nc1CN=C(N)N. The first kappa shape index (κ1) is 16.0. The van der Waals surface area contributed by atoms with Gasteiger partial charge in [-0.1, -0.05) is 24.3 Å². The first-order valence-corrected chi connectivity index (χ1v) is 7.30. The molecule has 0 fully saturated rings. The number of hydrogen-bond acceptors (Lipinski definition) is 3. The van der Waals surface area contributed by atoms with Crippen LogP contribution >= 0.6 is 11.6 Å². The van der Waals surface area contributed by atoms with E-state index in [-0.39, 0.29) is 18.1 Å². The summed E-state index contributed by atoms with van der Waals surface area (Å²) in [7, 11) is 0. The summed E-state index contributed by atoms with van der Waals surface area (Å²) < 4.78 is 1.40. The molecule has 2 rings (SSSR count). The fraction of sp³-hybridized carbons (Fsp3) is 0.267. The topological polar surface area (TPSA) is 99.3 Å². The highest BCUT2D eigenvalue weighted by Gasteiger charge is 2.06. The molecule has 0 aliphatic heterocycles. The normalized spacial score (nSPS) is 10.5. The fourth-order valence-electron chi connectivity index (χ4n) is 1.96. The zero-order valence-corrected chi connectivity index (χ0v) is 13.0. The van der Waals surface area contributed by atoms with Crippen molar-refractivity contribution in [1.29, 1.82) is 0 Å². The van der Waals surface area contributed by atoms with Gasteiger partial charge in [-0.05, 0) is 23.6 Å². The van der Waals surface area contributed by atoms with Gasteiger partial charge in [0.15, 0.2) is 5.96 Å². The van der Waals surface area contributed by atoms with Crippen LogP contribution in [0.25, 0.3) is 0 Å². The Morgan fingerprint density at radius 3 is 2.50 bits per heavy atom. The second-order valence-corrected chi connectivity index (χ2v) is 5.23. The second-order valence-electron chi connectivity index (χ2n) is 4.96. The van der Waals surface area contributed by atoms with Crippen molar-refractivity contribution in [2.24, 2.45) is 16.5 Å². The second kappa shape index (κ2) is 7.09. The van der Waals surface area contributed by atoms with Crippen molar-refractivity contribution in [3.8, 4) is 0 Å². The number of aromatic nitrogens is 2. The maximum Gasteiger partial charge on any atom is 0.267 e. The minimum Gasteiger partial charge on any atom is -0.370 e. The van der Waals surface area contributed by atoms with Gasteiger partial charge in [0.1, 0.15) is 0 Å². The first-order chi connectivity index (χ1) is 10.5. The van der Waals surface area contributed by atoms with Crippen LogP contribution in [0.5, 0.6) is 0 Å². The highest BCUT2D eigenvalue weighted by Crippen LogP contribution is 2.08. The number of guanidine groups is 1. The van der Waals surface area contributed by atoms with Gasteiger partial charge in [0.05, 0.1) is 18.8 Å². The van der Waals surface area contributed by atoms with E-state index in [4.69, 9.17) is 23.1 Å². The van der Waals surface area contributed by atoms with Gasteiger partial charge in [0, 0.05) is 11.9 Å². The molecule has 0 aliphatic rings. The molecule has 1 aromatic carbocycles. The highest BCUT2D eigenvalue weighted by molar-refractivity contribution is 6.17. The molecular formula is C15H18ClN5O. The largest absolute Gasteiger partial charge is 0.370 e. The van der Waals surface area contributed by atoms with Crippen LogP contribution in [0, 0.1) is 6.92 Å². The molecule has 116 valence electrons. The van der Waals surface area contributed by atoms with E-state index in [1.54, 1.807) is 0 Å². The van der Waals surface area contributed by atoms with Crippen LogP contribution in [-0.4, -0.2) is 15.7 Å². The van der Waals surface area contributed by atoms with Crippen molar-refractivity contribution in [3.05, 3.63) is 63.1 Å². The summed E-state index contributed by atoms with van der Waals surface area (Å²) in [6.07, 6.45) is 0. The smallest absolute Gasteiger partial charge is 0.267 e. The monoisotopic (exact) mass is 319 g/mol. The molecule has 0 radical (unpaired) electrons. The third-order valence-corrected chi connectivity index (χ3v) is 3.52. The first-order valence-electron chi connectivity index (χ1n) is 6.76. The van der Waals surface area contributed by atoms with Gasteiger partial charge >= 0.3 is 0 Å². The molecule has 0 atom stereocenters. The molecular weight excluding hydrogens is 302 g/mol. The number of nitrogens with two attached hydrogens (primary N) is 2. The highest BCUT2D eigenvalue weighted by atomic mass is 35.5. The van der Waals surface area contributed by atoms with Crippen molar-refractivity contribution in [2.75, 3.05) is 0 Å². The van der Waals surface area contributed by atoms with Crippen LogP contribution in [0.2, 0.25) is 0 Å². The van der Waals surface area contributed by atoms with Gasteiger partial charge in [-0.3, -0.25) is 4.79 Å². The van der Waals surface area contributed by atoms with Crippen LogP contribution in [0.1, 0.15) is 22.4 Å². The summed E-state index contributed by atoms with van der Waals surface area (Å²) in [6, 6.07) is 9.27. The van der Waals surface area contributed by atoms with E-state index in [1.807, 2.05) is 31.2 Å². The molecule has 0 spiro atoms. The van der Waals surface area contributed by atoms with E-state index >= 15 is 0 Å². The number of halogens is 1. The van der Waals surface area contributed by atoms with Gasteiger partial charge in [-0.2, -0.15) is 5.10 Å². The van der Waals surface area contributed by atoms with Gasteiger partial charge in [0.25, 0.3) is 5.56 Å². The van der Waals surface area contributed by atoms with Gasteiger partial charge in [-0.25, -0.2) is 9.67 Å². The number of aryl methyl sites for hydroxylation is 1. The maximum absolute atomic E-state index is 12.1. The zero-order valence-electron chi connectivity index (χ0n) is 12.3. The van der Waals surface area contributed by atoms with Crippen LogP contribution < -0.4 is 17.0 Å². The minimum absolute atomic E-state index is 0.00406. The minimum atomic E-state index is -0.160. The van der Waals surface area contributed by atoms with E-state index in [0.29, 0.717) is 18.1 Å². The summed E-state index contributed by atoms with van der Waals surface area (Å²) in [6.45, 7) is 2.45. The molecule has 22 heavy (non-hydrogen) atoms. The molecule has 0 saturated carbocycles. The third kappa shape index (κ3) is 4.08. The van der Waals surface area contributed by atoms with Crippen molar-refractivity contribution in [3.63, 3.8) is 0 Å². The molecule has 4 N–H and O–H groups in total. The molecule has 0 amide bonds. The van der Waals surface area contributed by atoms with Gasteiger partial charge in [0.2, 0.25) is 0 Å². The predicted octanol–water partition coefficient (Wildman–Crippen LogP) is 1.11. The Morgan fingerprint density at radius 1 is 1.27 bits per heavy atom. The number of rotatable bonds is 5. The van der Waals surface area contributed by atoms with Crippen molar-refractivity contribution in [2.45, 2.75) is 25.9 Å². The number of hydrogen-bond donors (Lipinski definition) is 2. The summed E-state index contributed by atoms with van der Waals surface area (Å²) in [4.78, 5) is 16.0. The molecule has 6 nitrogen and oxygen atoms in total. The lowest BCUT2D eigenvalue weighted by atomic mass is 10.1.